The van der Waals surface area contributed by atoms with Crippen LogP contribution in [-0.4, -0.2) is 11.9 Å². The first-order valence-electron chi connectivity index (χ1n) is 3.88. The molecule has 0 bridgehead atoms. The molecule has 1 rings (SSSR count). The lowest BCUT2D eigenvalue weighted by Crippen LogP contribution is -2.06. The molecule has 0 atom stereocenters. The second kappa shape index (κ2) is 5.69. The predicted octanol–water partition coefficient (Wildman–Crippen LogP) is 3.14. The van der Waals surface area contributed by atoms with Gasteiger partial charge in [0.25, 0.3) is 0 Å². The first kappa shape index (κ1) is 12.8. The molecular weight excluding hydrogens is 268 g/mol. The summed E-state index contributed by atoms with van der Waals surface area (Å²) >= 11 is 6.88. The Morgan fingerprint density at radius 3 is 1.75 bits per heavy atom. The molecule has 0 fully saturated rings. The highest BCUT2D eigenvalue weighted by atomic mass is 32.2. The van der Waals surface area contributed by atoms with E-state index in [2.05, 4.69) is 22.6 Å². The van der Waals surface area contributed by atoms with E-state index in [1.807, 2.05) is 0 Å². The van der Waals surface area contributed by atoms with Gasteiger partial charge in [-0.05, 0) is 0 Å². The van der Waals surface area contributed by atoms with E-state index in [0.717, 1.165) is 35.2 Å². The summed E-state index contributed by atoms with van der Waals surface area (Å²) in [6, 6.07) is 0. The highest BCUT2D eigenvalue weighted by Crippen LogP contribution is 2.26. The van der Waals surface area contributed by atoms with E-state index in [0.29, 0.717) is 3.14 Å². The lowest BCUT2D eigenvalue weighted by Gasteiger charge is -1.98. The van der Waals surface area contributed by atoms with Crippen LogP contribution in [0.3, 0.4) is 0 Å². The minimum Gasteiger partial charge on any atom is -0.431 e. The van der Waals surface area contributed by atoms with Gasteiger partial charge in [0.15, 0.2) is 0 Å². The molecule has 4 nitrogen and oxygen atoms in total. The van der Waals surface area contributed by atoms with Crippen molar-refractivity contribution in [1.29, 1.82) is 0 Å². The van der Waals surface area contributed by atoms with Gasteiger partial charge in [-0.1, -0.05) is 25.4 Å². The molecule has 0 amide bonds. The van der Waals surface area contributed by atoms with E-state index in [-0.39, 0.29) is 9.75 Å². The van der Waals surface area contributed by atoms with Crippen molar-refractivity contribution >= 4 is 46.8 Å². The second-order valence-electron chi connectivity index (χ2n) is 2.26. The summed E-state index contributed by atoms with van der Waals surface area (Å²) in [5.74, 6) is -1.35. The molecular formula is C9H6O4S3. The smallest absolute Gasteiger partial charge is 0.354 e. The molecule has 7 heteroatoms. The molecule has 0 aliphatic heterocycles. The Bertz CT molecular complexity index is 455. The minimum absolute atomic E-state index is 0.113. The highest BCUT2D eigenvalue weighted by Gasteiger charge is 2.22. The summed E-state index contributed by atoms with van der Waals surface area (Å²) in [6.45, 7) is 6.50. The molecule has 0 unspecified atom stereocenters. The van der Waals surface area contributed by atoms with E-state index < -0.39 is 11.9 Å². The summed E-state index contributed by atoms with van der Waals surface area (Å²) in [5.41, 5.74) is 0. The molecule has 0 aromatic carbocycles. The second-order valence-corrected chi connectivity index (χ2v) is 5.48. The molecule has 0 spiro atoms. The van der Waals surface area contributed by atoms with Crippen molar-refractivity contribution in [2.45, 2.75) is 0 Å². The molecule has 16 heavy (non-hydrogen) atoms. The van der Waals surface area contributed by atoms with Gasteiger partial charge in [0.2, 0.25) is 0 Å². The van der Waals surface area contributed by atoms with Crippen LogP contribution < -0.4 is 0 Å². The van der Waals surface area contributed by atoms with Gasteiger partial charge in [-0.2, -0.15) is 0 Å². The third kappa shape index (κ3) is 2.84. The molecule has 0 N–H and O–H groups in total. The minimum atomic E-state index is -0.677. The number of hydrogen-bond donors (Lipinski definition) is 0. The maximum Gasteiger partial charge on any atom is 0.354 e. The summed E-state index contributed by atoms with van der Waals surface area (Å²) in [4.78, 5) is 23.1. The molecule has 84 valence electrons. The van der Waals surface area contributed by atoms with E-state index in [1.54, 1.807) is 0 Å². The third-order valence-electron chi connectivity index (χ3n) is 1.33. The number of carbonyl (C=O) groups is 2. The van der Waals surface area contributed by atoms with Crippen molar-refractivity contribution in [1.82, 2.24) is 0 Å². The van der Waals surface area contributed by atoms with Crippen LogP contribution in [0.4, 0.5) is 0 Å². The van der Waals surface area contributed by atoms with Crippen LogP contribution in [0.15, 0.2) is 25.7 Å². The van der Waals surface area contributed by atoms with Crippen LogP contribution in [0, 0.1) is 3.14 Å². The fourth-order valence-electron chi connectivity index (χ4n) is 0.807. The fraction of sp³-hybridized carbons (Fsp3) is 0. The summed E-state index contributed by atoms with van der Waals surface area (Å²) in [7, 11) is 0. The van der Waals surface area contributed by atoms with Gasteiger partial charge in [0, 0.05) is 0 Å². The maximum atomic E-state index is 11.4. The molecule has 0 saturated carbocycles. The van der Waals surface area contributed by atoms with Gasteiger partial charge < -0.3 is 9.47 Å². The van der Waals surface area contributed by atoms with E-state index in [9.17, 15) is 9.59 Å². The van der Waals surface area contributed by atoms with Crippen molar-refractivity contribution in [3.05, 3.63) is 38.6 Å². The molecule has 0 saturated heterocycles. The number of carbonyl (C=O) groups excluding carboxylic acids is 2. The Morgan fingerprint density at radius 1 is 1.06 bits per heavy atom. The number of ether oxygens (including phenoxy) is 2. The summed E-state index contributed by atoms with van der Waals surface area (Å²) < 4.78 is 9.58. The highest BCUT2D eigenvalue weighted by molar-refractivity contribution is 7.76. The largest absolute Gasteiger partial charge is 0.431 e. The lowest BCUT2D eigenvalue weighted by molar-refractivity contribution is 0.0628. The zero-order chi connectivity index (χ0) is 12.1. The first-order chi connectivity index (χ1) is 7.60. The van der Waals surface area contributed by atoms with Crippen molar-refractivity contribution in [2.75, 3.05) is 0 Å². The van der Waals surface area contributed by atoms with E-state index >= 15 is 0 Å². The summed E-state index contributed by atoms with van der Waals surface area (Å²) in [5, 5.41) is 0. The van der Waals surface area contributed by atoms with Gasteiger partial charge in [-0.15, -0.1) is 22.7 Å². The van der Waals surface area contributed by atoms with Crippen LogP contribution in [0.25, 0.3) is 0 Å². The molecule has 1 aromatic rings. The number of hydrogen-bond acceptors (Lipinski definition) is 7. The van der Waals surface area contributed by atoms with Crippen molar-refractivity contribution in [3.8, 4) is 0 Å². The Morgan fingerprint density at radius 2 is 1.44 bits per heavy atom. The Labute approximate surface area is 104 Å². The van der Waals surface area contributed by atoms with Crippen molar-refractivity contribution in [2.24, 2.45) is 0 Å². The zero-order valence-corrected chi connectivity index (χ0v) is 10.4. The molecule has 1 aromatic heterocycles. The standard InChI is InChI=1S/C9H6O4S3/c1-3-12-7(10)5-6(8(11)13-4-2)16-9(14)15-5/h3-4H,1-2H2. The number of rotatable bonds is 4. The van der Waals surface area contributed by atoms with Crippen molar-refractivity contribution in [3.63, 3.8) is 0 Å². The van der Waals surface area contributed by atoms with Gasteiger partial charge in [-0.25, -0.2) is 9.59 Å². The van der Waals surface area contributed by atoms with Gasteiger partial charge in [0.1, 0.15) is 12.9 Å². The Hall–Kier alpha value is -1.31. The topological polar surface area (TPSA) is 52.6 Å². The molecule has 0 aliphatic rings. The molecule has 0 radical (unpaired) electrons. The Balaban J connectivity index is 3.13. The monoisotopic (exact) mass is 274 g/mol. The van der Waals surface area contributed by atoms with Gasteiger partial charge >= 0.3 is 11.9 Å². The first-order valence-corrected chi connectivity index (χ1v) is 5.92. The number of esters is 2. The zero-order valence-electron chi connectivity index (χ0n) is 7.93. The fourth-order valence-corrected chi connectivity index (χ4v) is 3.17. The van der Waals surface area contributed by atoms with Gasteiger partial charge in [0.05, 0.1) is 12.5 Å². The van der Waals surface area contributed by atoms with Crippen LogP contribution in [0.5, 0.6) is 0 Å². The predicted molar refractivity (Wildman–Crippen MR) is 64.3 cm³/mol. The average molecular weight is 274 g/mol. The molecule has 1 heterocycles. The normalized spacial score (nSPS) is 9.25. The van der Waals surface area contributed by atoms with Crippen LogP contribution in [0.2, 0.25) is 0 Å². The van der Waals surface area contributed by atoms with Gasteiger partial charge in [-0.3, -0.25) is 0 Å². The Kier molecular flexibility index (Phi) is 4.53. The quantitative estimate of drug-likeness (QED) is 0.479. The summed E-state index contributed by atoms with van der Waals surface area (Å²) in [6.07, 6.45) is 1.97. The average Bonchev–Trinajstić information content (AvgIpc) is 2.61. The maximum absolute atomic E-state index is 11.4. The van der Waals surface area contributed by atoms with E-state index in [4.69, 9.17) is 12.2 Å². The lowest BCUT2D eigenvalue weighted by atomic mass is 10.4. The van der Waals surface area contributed by atoms with Crippen LogP contribution in [0.1, 0.15) is 19.3 Å². The third-order valence-corrected chi connectivity index (χ3v) is 3.94. The van der Waals surface area contributed by atoms with Crippen LogP contribution in [-0.2, 0) is 9.47 Å². The van der Waals surface area contributed by atoms with Crippen molar-refractivity contribution < 1.29 is 19.1 Å². The molecule has 0 aliphatic carbocycles. The van der Waals surface area contributed by atoms with Crippen LogP contribution >= 0.6 is 34.9 Å². The SMILES string of the molecule is C=COC(=O)c1sc(=S)sc1C(=O)OC=C. The van der Waals surface area contributed by atoms with E-state index in [1.165, 1.54) is 0 Å².